The molecule has 1 unspecified atom stereocenters. The maximum atomic E-state index is 13.1. The highest BCUT2D eigenvalue weighted by Gasteiger charge is 2.21. The number of nitro benzene ring substituents is 1. The van der Waals surface area contributed by atoms with Gasteiger partial charge in [-0.25, -0.2) is 13.2 Å². The van der Waals surface area contributed by atoms with Crippen molar-refractivity contribution in [1.29, 1.82) is 0 Å². The van der Waals surface area contributed by atoms with Crippen molar-refractivity contribution in [1.82, 2.24) is 0 Å². The molecule has 0 saturated carbocycles. The molecule has 1 atom stereocenters. The van der Waals surface area contributed by atoms with E-state index in [9.17, 15) is 23.3 Å². The Morgan fingerprint density at radius 3 is 2.61 bits per heavy atom. The summed E-state index contributed by atoms with van der Waals surface area (Å²) < 4.78 is 37.1. The molecule has 9 heteroatoms. The second-order valence-corrected chi connectivity index (χ2v) is 3.73. The van der Waals surface area contributed by atoms with Crippen LogP contribution in [0.3, 0.4) is 0 Å². The monoisotopic (exact) mass is 284 g/mol. The zero-order chi connectivity index (χ0) is 13.9. The van der Waals surface area contributed by atoms with Crippen LogP contribution in [0.4, 0.5) is 24.5 Å². The number of aliphatic hydroxyl groups is 1. The average molecular weight is 285 g/mol. The van der Waals surface area contributed by atoms with Crippen LogP contribution in [-0.4, -0.2) is 29.1 Å². The van der Waals surface area contributed by atoms with Crippen LogP contribution in [0.2, 0.25) is 5.02 Å². The first-order chi connectivity index (χ1) is 8.32. The van der Waals surface area contributed by atoms with E-state index < -0.39 is 40.5 Å². The van der Waals surface area contributed by atoms with Gasteiger partial charge in [-0.1, -0.05) is 11.6 Å². The number of nitro groups is 1. The van der Waals surface area contributed by atoms with Gasteiger partial charge in [-0.15, -0.1) is 0 Å². The molecular weight excluding hydrogens is 277 g/mol. The molecule has 5 nitrogen and oxygen atoms in total. The van der Waals surface area contributed by atoms with E-state index in [0.717, 1.165) is 6.07 Å². The number of benzene rings is 1. The molecule has 0 bridgehead atoms. The first-order valence-corrected chi connectivity index (χ1v) is 5.04. The smallest absolute Gasteiger partial charge is 0.294 e. The molecule has 0 amide bonds. The Bertz CT molecular complexity index is 459. The van der Waals surface area contributed by atoms with E-state index in [0.29, 0.717) is 6.07 Å². The molecule has 0 aliphatic rings. The van der Waals surface area contributed by atoms with Gasteiger partial charge in [-0.3, -0.25) is 10.1 Å². The molecule has 1 aromatic rings. The third-order valence-corrected chi connectivity index (χ3v) is 2.32. The molecule has 0 aromatic heterocycles. The topological polar surface area (TPSA) is 75.4 Å². The van der Waals surface area contributed by atoms with Gasteiger partial charge in [0.25, 0.3) is 12.1 Å². The Kier molecular flexibility index (Phi) is 4.74. The Morgan fingerprint density at radius 2 is 2.11 bits per heavy atom. The number of halogens is 4. The zero-order valence-corrected chi connectivity index (χ0v) is 9.50. The Balaban J connectivity index is 2.93. The highest BCUT2D eigenvalue weighted by Crippen LogP contribution is 2.30. The lowest BCUT2D eigenvalue weighted by Gasteiger charge is -2.12. The molecule has 0 heterocycles. The summed E-state index contributed by atoms with van der Waals surface area (Å²) in [7, 11) is 0. The maximum absolute atomic E-state index is 13.1. The molecule has 0 spiro atoms. The minimum Gasteiger partial charge on any atom is -0.385 e. The van der Waals surface area contributed by atoms with Gasteiger partial charge in [0.15, 0.2) is 0 Å². The summed E-state index contributed by atoms with van der Waals surface area (Å²) in [5.74, 6) is -0.934. The van der Waals surface area contributed by atoms with E-state index >= 15 is 0 Å². The molecule has 18 heavy (non-hydrogen) atoms. The molecule has 100 valence electrons. The summed E-state index contributed by atoms with van der Waals surface area (Å²) in [6, 6.07) is 1.46. The highest BCUT2D eigenvalue weighted by molar-refractivity contribution is 6.31. The summed E-state index contributed by atoms with van der Waals surface area (Å²) in [4.78, 5) is 9.79. The molecule has 1 aromatic carbocycles. The van der Waals surface area contributed by atoms with Crippen LogP contribution in [-0.2, 0) is 0 Å². The fraction of sp³-hybridized carbons (Fsp3) is 0.333. The summed E-state index contributed by atoms with van der Waals surface area (Å²) >= 11 is 5.37. The average Bonchev–Trinajstić information content (AvgIpc) is 2.29. The number of rotatable bonds is 5. The fourth-order valence-corrected chi connectivity index (χ4v) is 1.29. The standard InChI is InChI=1S/C9H8ClF3N2O3/c10-4-1-7(15(17)18)6(2-5(4)11)14-3-8(16)9(12)13/h1-2,8-9,14,16H,3H2. The van der Waals surface area contributed by atoms with E-state index in [1.54, 1.807) is 0 Å². The maximum Gasteiger partial charge on any atom is 0.294 e. The largest absolute Gasteiger partial charge is 0.385 e. The van der Waals surface area contributed by atoms with Crippen LogP contribution in [0.25, 0.3) is 0 Å². The van der Waals surface area contributed by atoms with Crippen LogP contribution in [0.1, 0.15) is 0 Å². The number of aliphatic hydroxyl groups excluding tert-OH is 1. The van der Waals surface area contributed by atoms with Crippen molar-refractivity contribution < 1.29 is 23.2 Å². The summed E-state index contributed by atoms with van der Waals surface area (Å²) in [6.07, 6.45) is -5.02. The van der Waals surface area contributed by atoms with Crippen molar-refractivity contribution in [3.63, 3.8) is 0 Å². The molecule has 0 aliphatic carbocycles. The van der Waals surface area contributed by atoms with Gasteiger partial charge in [0.1, 0.15) is 17.6 Å². The summed E-state index contributed by atoms with van der Waals surface area (Å²) in [5.41, 5.74) is -0.899. The number of nitrogens with zero attached hydrogens (tertiary/aromatic N) is 1. The lowest BCUT2D eigenvalue weighted by atomic mass is 10.2. The van der Waals surface area contributed by atoms with Crippen molar-refractivity contribution >= 4 is 23.0 Å². The van der Waals surface area contributed by atoms with Gasteiger partial charge < -0.3 is 10.4 Å². The van der Waals surface area contributed by atoms with Crippen LogP contribution in [0, 0.1) is 15.9 Å². The normalized spacial score (nSPS) is 12.6. The fourth-order valence-electron chi connectivity index (χ4n) is 1.13. The SMILES string of the molecule is O=[N+]([O-])c1cc(Cl)c(F)cc1NCC(O)C(F)F. The van der Waals surface area contributed by atoms with Gasteiger partial charge in [0.05, 0.1) is 9.95 Å². The molecule has 0 fully saturated rings. The van der Waals surface area contributed by atoms with Gasteiger partial charge >= 0.3 is 0 Å². The molecule has 1 rings (SSSR count). The third-order valence-electron chi connectivity index (χ3n) is 2.03. The summed E-state index contributed by atoms with van der Waals surface area (Å²) in [5, 5.41) is 21.2. The van der Waals surface area contributed by atoms with E-state index in [2.05, 4.69) is 5.32 Å². The van der Waals surface area contributed by atoms with Crippen LogP contribution in [0.15, 0.2) is 12.1 Å². The number of nitrogens with one attached hydrogen (secondary N) is 1. The van der Waals surface area contributed by atoms with Gasteiger partial charge in [0.2, 0.25) is 0 Å². The molecule has 0 radical (unpaired) electrons. The molecule has 0 aliphatic heterocycles. The zero-order valence-electron chi connectivity index (χ0n) is 8.74. The van der Waals surface area contributed by atoms with Crippen molar-refractivity contribution in [2.24, 2.45) is 0 Å². The second-order valence-electron chi connectivity index (χ2n) is 3.32. The molecular formula is C9H8ClF3N2O3. The third kappa shape index (κ3) is 3.47. The first-order valence-electron chi connectivity index (χ1n) is 4.66. The summed E-state index contributed by atoms with van der Waals surface area (Å²) in [6.45, 7) is -0.653. The quantitative estimate of drug-likeness (QED) is 0.643. The minimum atomic E-state index is -3.01. The molecule has 0 saturated heterocycles. The predicted molar refractivity (Wildman–Crippen MR) is 58.6 cm³/mol. The highest BCUT2D eigenvalue weighted by atomic mass is 35.5. The van der Waals surface area contributed by atoms with Crippen molar-refractivity contribution in [2.45, 2.75) is 12.5 Å². The Hall–Kier alpha value is -1.54. The van der Waals surface area contributed by atoms with E-state index in [4.69, 9.17) is 16.7 Å². The van der Waals surface area contributed by atoms with Crippen molar-refractivity contribution in [3.05, 3.63) is 33.1 Å². The van der Waals surface area contributed by atoms with Crippen LogP contribution >= 0.6 is 11.6 Å². The number of hydrogen-bond acceptors (Lipinski definition) is 4. The van der Waals surface area contributed by atoms with Gasteiger partial charge in [0, 0.05) is 18.7 Å². The number of hydrogen-bond donors (Lipinski definition) is 2. The van der Waals surface area contributed by atoms with E-state index in [-0.39, 0.29) is 5.69 Å². The number of anilines is 1. The first kappa shape index (κ1) is 14.5. The van der Waals surface area contributed by atoms with Gasteiger partial charge in [-0.2, -0.15) is 0 Å². The lowest BCUT2D eigenvalue weighted by molar-refractivity contribution is -0.384. The van der Waals surface area contributed by atoms with Crippen molar-refractivity contribution in [2.75, 3.05) is 11.9 Å². The van der Waals surface area contributed by atoms with Gasteiger partial charge in [-0.05, 0) is 0 Å². The minimum absolute atomic E-state index is 0.332. The van der Waals surface area contributed by atoms with Crippen LogP contribution in [0.5, 0.6) is 0 Å². The number of alkyl halides is 2. The lowest BCUT2D eigenvalue weighted by Crippen LogP contribution is -2.27. The Morgan fingerprint density at radius 1 is 1.50 bits per heavy atom. The van der Waals surface area contributed by atoms with Crippen LogP contribution < -0.4 is 5.32 Å². The van der Waals surface area contributed by atoms with E-state index in [1.165, 1.54) is 0 Å². The molecule has 2 N–H and O–H groups in total. The second kappa shape index (κ2) is 5.87. The van der Waals surface area contributed by atoms with Crippen molar-refractivity contribution in [3.8, 4) is 0 Å². The predicted octanol–water partition coefficient (Wildman–Crippen LogP) is 2.43. The van der Waals surface area contributed by atoms with E-state index in [1.807, 2.05) is 0 Å². The Labute approximate surface area is 104 Å².